The summed E-state index contributed by atoms with van der Waals surface area (Å²) in [4.78, 5) is 24.7. The van der Waals surface area contributed by atoms with Crippen molar-refractivity contribution in [2.45, 2.75) is 26.4 Å². The zero-order valence-corrected chi connectivity index (χ0v) is 18.7. The molecular formula is C24H24N2O4Si. The zero-order valence-electron chi connectivity index (χ0n) is 17.7. The number of ether oxygens (including phenoxy) is 1. The molecule has 0 fully saturated rings. The summed E-state index contributed by atoms with van der Waals surface area (Å²) in [5, 5.41) is 9.49. The number of hydrogen-bond acceptors (Lipinski definition) is 4. The second kappa shape index (κ2) is 9.49. The van der Waals surface area contributed by atoms with Gasteiger partial charge in [0, 0.05) is 0 Å². The smallest absolute Gasteiger partial charge is 0.453 e. The molecule has 0 radical (unpaired) electrons. The number of carbonyl (C=O) groups is 2. The van der Waals surface area contributed by atoms with Crippen molar-refractivity contribution in [2.24, 2.45) is 10.2 Å². The molecule has 2 amide bonds. The first kappa shape index (κ1) is 22.1. The van der Waals surface area contributed by atoms with Gasteiger partial charge in [0.05, 0.1) is 0 Å². The van der Waals surface area contributed by atoms with E-state index in [2.05, 4.69) is 10.2 Å². The number of nitrogens with zero attached hydrogens (tertiary/aromatic N) is 2. The summed E-state index contributed by atoms with van der Waals surface area (Å²) < 4.78 is 11.2. The summed E-state index contributed by atoms with van der Waals surface area (Å²) in [6, 6.07) is 28.7. The van der Waals surface area contributed by atoms with E-state index in [-0.39, 0.29) is 0 Å². The summed E-state index contributed by atoms with van der Waals surface area (Å²) in [7, 11) is -3.26. The molecule has 158 valence electrons. The summed E-state index contributed by atoms with van der Waals surface area (Å²) in [6.45, 7) is 5.12. The van der Waals surface area contributed by atoms with Gasteiger partial charge in [-0.05, 0) is 36.3 Å². The van der Waals surface area contributed by atoms with Crippen molar-refractivity contribution in [3.63, 3.8) is 0 Å². The number of azo groups is 1. The summed E-state index contributed by atoms with van der Waals surface area (Å²) in [5.74, 6) is 0. The number of benzene rings is 3. The lowest BCUT2D eigenvalue weighted by Gasteiger charge is -2.31. The first-order chi connectivity index (χ1) is 14.8. The fraction of sp³-hybridized carbons (Fsp3) is 0.167. The monoisotopic (exact) mass is 432 g/mol. The zero-order chi connectivity index (χ0) is 22.3. The fourth-order valence-electron chi connectivity index (χ4n) is 3.21. The van der Waals surface area contributed by atoms with Crippen molar-refractivity contribution in [1.29, 1.82) is 0 Å². The van der Waals surface area contributed by atoms with Gasteiger partial charge in [-0.15, -0.1) is 0 Å². The van der Waals surface area contributed by atoms with Crippen LogP contribution in [0, 0.1) is 0 Å². The Morgan fingerprint density at radius 3 is 1.35 bits per heavy atom. The van der Waals surface area contributed by atoms with Crippen LogP contribution in [0.2, 0.25) is 0 Å². The maximum atomic E-state index is 12.8. The van der Waals surface area contributed by atoms with E-state index in [0.717, 1.165) is 15.6 Å². The molecule has 0 aliphatic rings. The molecule has 0 saturated carbocycles. The predicted octanol–water partition coefficient (Wildman–Crippen LogP) is 4.18. The van der Waals surface area contributed by atoms with Crippen LogP contribution in [0.4, 0.5) is 9.59 Å². The molecular weight excluding hydrogens is 408 g/mol. The van der Waals surface area contributed by atoms with Crippen molar-refractivity contribution in [1.82, 2.24) is 0 Å². The van der Waals surface area contributed by atoms with Crippen molar-refractivity contribution in [2.75, 3.05) is 0 Å². The molecule has 31 heavy (non-hydrogen) atoms. The summed E-state index contributed by atoms with van der Waals surface area (Å²) in [6.07, 6.45) is -1.90. The minimum atomic E-state index is -3.26. The van der Waals surface area contributed by atoms with Crippen LogP contribution in [-0.4, -0.2) is 26.1 Å². The third-order valence-electron chi connectivity index (χ3n) is 4.39. The highest BCUT2D eigenvalue weighted by Crippen LogP contribution is 2.12. The normalized spacial score (nSPS) is 11.8. The van der Waals surface area contributed by atoms with Crippen LogP contribution in [0.25, 0.3) is 0 Å². The molecule has 0 N–H and O–H groups in total. The van der Waals surface area contributed by atoms with Gasteiger partial charge in [0.1, 0.15) is 5.60 Å². The lowest BCUT2D eigenvalue weighted by molar-refractivity contribution is 0.0589. The Morgan fingerprint density at radius 1 is 0.645 bits per heavy atom. The molecule has 0 bridgehead atoms. The van der Waals surface area contributed by atoms with Crippen LogP contribution in [0.15, 0.2) is 101 Å². The van der Waals surface area contributed by atoms with Gasteiger partial charge in [0.15, 0.2) is 0 Å². The Hall–Kier alpha value is -3.58. The molecule has 0 aliphatic heterocycles. The van der Waals surface area contributed by atoms with Crippen molar-refractivity contribution >= 4 is 36.1 Å². The van der Waals surface area contributed by atoms with Gasteiger partial charge in [0.2, 0.25) is 0 Å². The average molecular weight is 433 g/mol. The fourth-order valence-corrected chi connectivity index (χ4v) is 6.85. The molecule has 0 unspecified atom stereocenters. The highest BCUT2D eigenvalue weighted by atomic mass is 28.4. The Morgan fingerprint density at radius 2 is 1.00 bits per heavy atom. The van der Waals surface area contributed by atoms with E-state index >= 15 is 0 Å². The second-order valence-corrected chi connectivity index (χ2v) is 11.1. The molecule has 0 spiro atoms. The first-order valence-electron chi connectivity index (χ1n) is 9.85. The van der Waals surface area contributed by atoms with E-state index in [4.69, 9.17) is 9.16 Å². The topological polar surface area (TPSA) is 77.3 Å². The maximum Gasteiger partial charge on any atom is 0.453 e. The Balaban J connectivity index is 2.06. The third-order valence-corrected chi connectivity index (χ3v) is 8.31. The molecule has 0 atom stereocenters. The van der Waals surface area contributed by atoms with Gasteiger partial charge in [0.25, 0.3) is 0 Å². The number of carbonyl (C=O) groups excluding carboxylic acids is 2. The van der Waals surface area contributed by atoms with Crippen molar-refractivity contribution in [3.8, 4) is 0 Å². The van der Waals surface area contributed by atoms with Gasteiger partial charge in [-0.25, -0.2) is 9.59 Å². The molecule has 0 aromatic heterocycles. The minimum absolute atomic E-state index is 0.739. The van der Waals surface area contributed by atoms with Crippen LogP contribution >= 0.6 is 0 Å². The molecule has 0 aliphatic carbocycles. The molecule has 3 rings (SSSR count). The van der Waals surface area contributed by atoms with Gasteiger partial charge < -0.3 is 9.16 Å². The van der Waals surface area contributed by atoms with Crippen molar-refractivity contribution < 1.29 is 18.8 Å². The van der Waals surface area contributed by atoms with E-state index in [1.54, 1.807) is 20.8 Å². The molecule has 3 aromatic carbocycles. The standard InChI is InChI=1S/C24H24N2O4Si/c1-24(2,3)29-22(27)25-26-23(28)30-31(19-13-7-4-8-14-19,20-15-9-5-10-16-20)21-17-11-6-12-18-21/h4-18H,1-3H3. The third kappa shape index (κ3) is 5.52. The Bertz CT molecular complexity index is 953. The van der Waals surface area contributed by atoms with Gasteiger partial charge in [-0.1, -0.05) is 101 Å². The lowest BCUT2D eigenvalue weighted by Crippen LogP contribution is -2.69. The SMILES string of the molecule is CC(C)(C)OC(=O)N=NC(=O)O[Si](c1ccccc1)(c1ccccc1)c1ccccc1. The molecule has 0 saturated heterocycles. The number of hydrogen-bond donors (Lipinski definition) is 0. The van der Waals surface area contributed by atoms with E-state index in [1.807, 2.05) is 91.0 Å². The minimum Gasteiger partial charge on any atom is -0.487 e. The van der Waals surface area contributed by atoms with Crippen LogP contribution < -0.4 is 15.6 Å². The second-order valence-electron chi connectivity index (χ2n) is 7.83. The van der Waals surface area contributed by atoms with Crippen LogP contribution in [0.5, 0.6) is 0 Å². The lowest BCUT2D eigenvalue weighted by atomic mass is 10.2. The average Bonchev–Trinajstić information content (AvgIpc) is 2.77. The highest BCUT2D eigenvalue weighted by Gasteiger charge is 2.45. The Kier molecular flexibility index (Phi) is 6.77. The van der Waals surface area contributed by atoms with Crippen LogP contribution in [0.1, 0.15) is 20.8 Å². The largest absolute Gasteiger partial charge is 0.487 e. The van der Waals surface area contributed by atoms with E-state index < -0.39 is 26.1 Å². The first-order valence-corrected chi connectivity index (χ1v) is 11.8. The maximum absolute atomic E-state index is 12.8. The van der Waals surface area contributed by atoms with Crippen LogP contribution in [0.3, 0.4) is 0 Å². The molecule has 7 heteroatoms. The molecule has 0 heterocycles. The highest BCUT2D eigenvalue weighted by molar-refractivity contribution is 7.07. The van der Waals surface area contributed by atoms with E-state index in [9.17, 15) is 9.59 Å². The van der Waals surface area contributed by atoms with E-state index in [1.165, 1.54) is 0 Å². The summed E-state index contributed by atoms with van der Waals surface area (Å²) >= 11 is 0. The van der Waals surface area contributed by atoms with Crippen LogP contribution in [-0.2, 0) is 9.16 Å². The predicted molar refractivity (Wildman–Crippen MR) is 122 cm³/mol. The summed E-state index contributed by atoms with van der Waals surface area (Å²) in [5.41, 5.74) is -0.739. The number of amides is 2. The molecule has 6 nitrogen and oxygen atoms in total. The number of rotatable bonds is 4. The van der Waals surface area contributed by atoms with Crippen molar-refractivity contribution in [3.05, 3.63) is 91.0 Å². The molecule has 3 aromatic rings. The van der Waals surface area contributed by atoms with Gasteiger partial charge >= 0.3 is 20.5 Å². The quantitative estimate of drug-likeness (QED) is 0.352. The van der Waals surface area contributed by atoms with Gasteiger partial charge in [-0.2, -0.15) is 0 Å². The Labute approximate surface area is 182 Å². The van der Waals surface area contributed by atoms with E-state index in [0.29, 0.717) is 0 Å². The van der Waals surface area contributed by atoms with Gasteiger partial charge in [-0.3, -0.25) is 0 Å².